The molecule has 0 N–H and O–H groups in total. The SMILES string of the molecule is N#Cc1cccc(OC2CN(C(=O)N3CCCN(C4CCC4)CC3)C2)c1. The third-order valence-electron chi connectivity index (χ3n) is 5.78. The summed E-state index contributed by atoms with van der Waals surface area (Å²) in [5, 5.41) is 8.95. The zero-order valence-electron chi connectivity index (χ0n) is 15.1. The Bertz CT molecular complexity index is 691. The highest BCUT2D eigenvalue weighted by Gasteiger charge is 2.36. The molecule has 1 aliphatic carbocycles. The molecule has 0 radical (unpaired) electrons. The summed E-state index contributed by atoms with van der Waals surface area (Å²) in [6, 6.07) is 10.2. The molecule has 0 spiro atoms. The van der Waals surface area contributed by atoms with Crippen molar-refractivity contribution in [2.45, 2.75) is 37.8 Å². The minimum Gasteiger partial charge on any atom is -0.487 e. The van der Waals surface area contributed by atoms with Gasteiger partial charge in [0.1, 0.15) is 11.9 Å². The molecule has 3 fully saturated rings. The van der Waals surface area contributed by atoms with E-state index in [9.17, 15) is 4.79 Å². The lowest BCUT2D eigenvalue weighted by atomic mass is 9.91. The van der Waals surface area contributed by atoms with E-state index in [-0.39, 0.29) is 12.1 Å². The highest BCUT2D eigenvalue weighted by atomic mass is 16.5. The fourth-order valence-electron chi connectivity index (χ4n) is 3.95. The number of hydrogen-bond acceptors (Lipinski definition) is 4. The van der Waals surface area contributed by atoms with E-state index in [4.69, 9.17) is 10.00 Å². The Morgan fingerprint density at radius 3 is 2.65 bits per heavy atom. The van der Waals surface area contributed by atoms with Crippen LogP contribution >= 0.6 is 0 Å². The lowest BCUT2D eigenvalue weighted by Crippen LogP contribution is -2.60. The first-order chi connectivity index (χ1) is 12.7. The second-order valence-electron chi connectivity index (χ2n) is 7.53. The van der Waals surface area contributed by atoms with Gasteiger partial charge in [-0.2, -0.15) is 5.26 Å². The van der Waals surface area contributed by atoms with Gasteiger partial charge in [-0.15, -0.1) is 0 Å². The number of nitrogens with zero attached hydrogens (tertiary/aromatic N) is 4. The summed E-state index contributed by atoms with van der Waals surface area (Å²) in [5.74, 6) is 0.701. The van der Waals surface area contributed by atoms with Gasteiger partial charge in [-0.05, 0) is 37.5 Å². The number of nitriles is 1. The predicted octanol–water partition coefficient (Wildman–Crippen LogP) is 2.30. The smallest absolute Gasteiger partial charge is 0.320 e. The fraction of sp³-hybridized carbons (Fsp3) is 0.600. The average Bonchev–Trinajstić information content (AvgIpc) is 2.82. The fourth-order valence-corrected chi connectivity index (χ4v) is 3.95. The lowest BCUT2D eigenvalue weighted by molar-refractivity contribution is 0.0308. The Morgan fingerprint density at radius 1 is 1.08 bits per heavy atom. The summed E-state index contributed by atoms with van der Waals surface area (Å²) in [6.07, 6.45) is 5.09. The van der Waals surface area contributed by atoms with Gasteiger partial charge in [0.25, 0.3) is 0 Å². The van der Waals surface area contributed by atoms with Gasteiger partial charge in [0, 0.05) is 32.2 Å². The van der Waals surface area contributed by atoms with Crippen molar-refractivity contribution >= 4 is 6.03 Å². The Hall–Kier alpha value is -2.26. The molecule has 1 saturated carbocycles. The van der Waals surface area contributed by atoms with Gasteiger partial charge >= 0.3 is 6.03 Å². The molecule has 3 aliphatic rings. The van der Waals surface area contributed by atoms with Crippen LogP contribution in [-0.2, 0) is 0 Å². The van der Waals surface area contributed by atoms with Crippen molar-refractivity contribution in [2.24, 2.45) is 0 Å². The van der Waals surface area contributed by atoms with Crippen LogP contribution in [0.25, 0.3) is 0 Å². The highest BCUT2D eigenvalue weighted by Crippen LogP contribution is 2.26. The molecular weight excluding hydrogens is 328 g/mol. The van der Waals surface area contributed by atoms with E-state index >= 15 is 0 Å². The minimum absolute atomic E-state index is 0.0198. The van der Waals surface area contributed by atoms with Crippen molar-refractivity contribution < 1.29 is 9.53 Å². The minimum atomic E-state index is 0.0198. The van der Waals surface area contributed by atoms with Gasteiger partial charge in [0.05, 0.1) is 24.7 Å². The third-order valence-corrected chi connectivity index (χ3v) is 5.78. The summed E-state index contributed by atoms with van der Waals surface area (Å²) < 4.78 is 5.88. The van der Waals surface area contributed by atoms with Crippen LogP contribution in [0.4, 0.5) is 4.79 Å². The Labute approximate surface area is 154 Å². The zero-order chi connectivity index (χ0) is 17.9. The first-order valence-corrected chi connectivity index (χ1v) is 9.67. The van der Waals surface area contributed by atoms with Crippen LogP contribution in [0, 0.1) is 11.3 Å². The second kappa shape index (κ2) is 7.55. The summed E-state index contributed by atoms with van der Waals surface area (Å²) in [7, 11) is 0. The summed E-state index contributed by atoms with van der Waals surface area (Å²) in [4.78, 5) is 19.2. The topological polar surface area (TPSA) is 59.8 Å². The molecule has 2 amide bonds. The van der Waals surface area contributed by atoms with Crippen LogP contribution in [0.1, 0.15) is 31.2 Å². The first-order valence-electron chi connectivity index (χ1n) is 9.67. The molecule has 6 heteroatoms. The summed E-state index contributed by atoms with van der Waals surface area (Å²) >= 11 is 0. The Balaban J connectivity index is 1.24. The van der Waals surface area contributed by atoms with Crippen LogP contribution in [0.3, 0.4) is 0 Å². The van der Waals surface area contributed by atoms with Crippen molar-refractivity contribution in [2.75, 3.05) is 39.3 Å². The molecule has 138 valence electrons. The van der Waals surface area contributed by atoms with Crippen LogP contribution < -0.4 is 4.74 Å². The van der Waals surface area contributed by atoms with E-state index in [0.29, 0.717) is 24.4 Å². The molecule has 0 atom stereocenters. The largest absolute Gasteiger partial charge is 0.487 e. The highest BCUT2D eigenvalue weighted by molar-refractivity contribution is 5.75. The molecular formula is C20H26N4O2. The maximum absolute atomic E-state index is 12.7. The number of likely N-dealkylation sites (tertiary alicyclic amines) is 1. The number of urea groups is 1. The van der Waals surface area contributed by atoms with Gasteiger partial charge in [-0.3, -0.25) is 4.90 Å². The molecule has 0 unspecified atom stereocenters. The maximum atomic E-state index is 12.7. The predicted molar refractivity (Wildman–Crippen MR) is 97.9 cm³/mol. The van der Waals surface area contributed by atoms with Crippen LogP contribution in [-0.4, -0.2) is 72.1 Å². The number of carbonyl (C=O) groups excluding carboxylic acids is 1. The van der Waals surface area contributed by atoms with Gasteiger partial charge in [0.15, 0.2) is 0 Å². The number of carbonyl (C=O) groups is 1. The molecule has 4 rings (SSSR count). The third kappa shape index (κ3) is 3.63. The van der Waals surface area contributed by atoms with Crippen molar-refractivity contribution in [1.82, 2.24) is 14.7 Å². The van der Waals surface area contributed by atoms with Crippen LogP contribution in [0.2, 0.25) is 0 Å². The van der Waals surface area contributed by atoms with Crippen LogP contribution in [0.15, 0.2) is 24.3 Å². The van der Waals surface area contributed by atoms with Crippen molar-refractivity contribution in [3.8, 4) is 11.8 Å². The number of rotatable bonds is 3. The summed E-state index contributed by atoms with van der Waals surface area (Å²) in [6.45, 7) is 5.06. The zero-order valence-corrected chi connectivity index (χ0v) is 15.1. The normalized spacial score (nSPS) is 22.1. The van der Waals surface area contributed by atoms with Gasteiger partial charge in [-0.1, -0.05) is 12.5 Å². The van der Waals surface area contributed by atoms with Crippen LogP contribution in [0.5, 0.6) is 5.75 Å². The lowest BCUT2D eigenvalue weighted by Gasteiger charge is -2.41. The van der Waals surface area contributed by atoms with Crippen molar-refractivity contribution in [3.63, 3.8) is 0 Å². The number of hydrogen-bond donors (Lipinski definition) is 0. The Morgan fingerprint density at radius 2 is 1.92 bits per heavy atom. The molecule has 2 aliphatic heterocycles. The number of ether oxygens (including phenoxy) is 1. The summed E-state index contributed by atoms with van der Waals surface area (Å²) in [5.41, 5.74) is 0.593. The second-order valence-corrected chi connectivity index (χ2v) is 7.53. The van der Waals surface area contributed by atoms with E-state index in [1.165, 1.54) is 19.3 Å². The Kier molecular flexibility index (Phi) is 4.98. The monoisotopic (exact) mass is 354 g/mol. The van der Waals surface area contributed by atoms with E-state index in [2.05, 4.69) is 11.0 Å². The van der Waals surface area contributed by atoms with E-state index < -0.39 is 0 Å². The first kappa shape index (κ1) is 17.2. The van der Waals surface area contributed by atoms with Crippen molar-refractivity contribution in [3.05, 3.63) is 29.8 Å². The van der Waals surface area contributed by atoms with E-state index in [1.807, 2.05) is 21.9 Å². The molecule has 1 aromatic rings. The maximum Gasteiger partial charge on any atom is 0.320 e. The van der Waals surface area contributed by atoms with Gasteiger partial charge < -0.3 is 14.5 Å². The molecule has 1 aromatic carbocycles. The van der Waals surface area contributed by atoms with E-state index in [1.54, 1.807) is 12.1 Å². The molecule has 2 saturated heterocycles. The molecule has 0 aromatic heterocycles. The number of amides is 2. The van der Waals surface area contributed by atoms with E-state index in [0.717, 1.165) is 38.6 Å². The van der Waals surface area contributed by atoms with Gasteiger partial charge in [0.2, 0.25) is 0 Å². The van der Waals surface area contributed by atoms with Gasteiger partial charge in [-0.25, -0.2) is 4.79 Å². The molecule has 2 heterocycles. The average molecular weight is 354 g/mol. The molecule has 26 heavy (non-hydrogen) atoms. The standard InChI is InChI=1S/C20H26N4O2/c21-13-16-4-1-7-18(12-16)26-19-14-24(15-19)20(25)23-9-3-8-22(10-11-23)17-5-2-6-17/h1,4,7,12,17,19H,2-3,5-6,8-11,14-15H2. The molecule has 6 nitrogen and oxygen atoms in total. The molecule has 0 bridgehead atoms. The number of benzene rings is 1. The quantitative estimate of drug-likeness (QED) is 0.836. The van der Waals surface area contributed by atoms with Crippen molar-refractivity contribution in [1.29, 1.82) is 5.26 Å².